The first-order valence-corrected chi connectivity index (χ1v) is 7.07. The monoisotopic (exact) mass is 261 g/mol. The Hall–Kier alpha value is -0.750. The lowest BCUT2D eigenvalue weighted by Gasteiger charge is -2.36. The van der Waals surface area contributed by atoms with E-state index in [1.54, 1.807) is 11.8 Å². The van der Waals surface area contributed by atoms with E-state index in [1.807, 2.05) is 6.26 Å². The fraction of sp³-hybridized carbons (Fsp3) is 0.818. The average Bonchev–Trinajstić information content (AvgIpc) is 2.26. The number of thioether (sulfide) groups is 1. The van der Waals surface area contributed by atoms with Gasteiger partial charge in [-0.1, -0.05) is 0 Å². The van der Waals surface area contributed by atoms with Gasteiger partial charge in [-0.25, -0.2) is 0 Å². The van der Waals surface area contributed by atoms with Gasteiger partial charge in [0, 0.05) is 25.4 Å². The van der Waals surface area contributed by atoms with E-state index in [4.69, 9.17) is 9.84 Å². The van der Waals surface area contributed by atoms with Crippen LogP contribution in [0, 0.1) is 0 Å². The van der Waals surface area contributed by atoms with Crippen LogP contribution in [0.5, 0.6) is 0 Å². The van der Waals surface area contributed by atoms with Crippen molar-refractivity contribution in [3.05, 3.63) is 0 Å². The summed E-state index contributed by atoms with van der Waals surface area (Å²) in [6, 6.07) is 0. The van der Waals surface area contributed by atoms with E-state index >= 15 is 0 Å². The molecule has 1 aliphatic heterocycles. The van der Waals surface area contributed by atoms with Gasteiger partial charge >= 0.3 is 5.97 Å². The second-order valence-electron chi connectivity index (χ2n) is 4.25. The molecule has 17 heavy (non-hydrogen) atoms. The number of amides is 1. The second-order valence-corrected chi connectivity index (χ2v) is 5.24. The Morgan fingerprint density at radius 3 is 2.59 bits per heavy atom. The van der Waals surface area contributed by atoms with Gasteiger partial charge in [0.25, 0.3) is 0 Å². The van der Waals surface area contributed by atoms with Gasteiger partial charge in [-0.3, -0.25) is 9.59 Å². The summed E-state index contributed by atoms with van der Waals surface area (Å²) >= 11 is 1.60. The van der Waals surface area contributed by atoms with Gasteiger partial charge in [0.15, 0.2) is 0 Å². The summed E-state index contributed by atoms with van der Waals surface area (Å²) in [5, 5.41) is 11.8. The molecule has 6 heteroatoms. The maximum atomic E-state index is 11.7. The molecule has 5 nitrogen and oxygen atoms in total. The van der Waals surface area contributed by atoms with Crippen LogP contribution in [-0.2, 0) is 14.3 Å². The molecule has 0 aromatic carbocycles. The Kier molecular flexibility index (Phi) is 5.77. The lowest BCUT2D eigenvalue weighted by atomic mass is 9.86. The van der Waals surface area contributed by atoms with Gasteiger partial charge in [-0.2, -0.15) is 11.8 Å². The third-order valence-electron chi connectivity index (χ3n) is 2.88. The highest BCUT2D eigenvalue weighted by atomic mass is 32.2. The number of carbonyl (C=O) groups excluding carboxylic acids is 1. The summed E-state index contributed by atoms with van der Waals surface area (Å²) < 4.78 is 5.22. The number of hydrogen-bond acceptors (Lipinski definition) is 4. The van der Waals surface area contributed by atoms with Crippen molar-refractivity contribution in [2.24, 2.45) is 0 Å². The van der Waals surface area contributed by atoms with E-state index in [-0.39, 0.29) is 12.3 Å². The summed E-state index contributed by atoms with van der Waals surface area (Å²) in [5.74, 6) is -0.189. The van der Waals surface area contributed by atoms with Crippen molar-refractivity contribution in [2.45, 2.75) is 31.2 Å². The second kappa shape index (κ2) is 6.86. The molecule has 0 radical (unpaired) electrons. The van der Waals surface area contributed by atoms with E-state index in [2.05, 4.69) is 5.32 Å². The smallest absolute Gasteiger partial charge is 0.305 e. The van der Waals surface area contributed by atoms with Crippen LogP contribution in [-0.4, -0.2) is 47.7 Å². The van der Waals surface area contributed by atoms with Crippen LogP contribution in [0.4, 0.5) is 0 Å². The number of ether oxygens (including phenoxy) is 1. The van der Waals surface area contributed by atoms with E-state index in [1.165, 1.54) is 0 Å². The van der Waals surface area contributed by atoms with E-state index in [0.717, 1.165) is 5.75 Å². The van der Waals surface area contributed by atoms with Crippen molar-refractivity contribution >= 4 is 23.6 Å². The average molecular weight is 261 g/mol. The van der Waals surface area contributed by atoms with Gasteiger partial charge in [-0.15, -0.1) is 0 Å². The Morgan fingerprint density at radius 2 is 2.06 bits per heavy atom. The predicted molar refractivity (Wildman–Crippen MR) is 66.2 cm³/mol. The Morgan fingerprint density at radius 1 is 1.41 bits per heavy atom. The fourth-order valence-electron chi connectivity index (χ4n) is 1.95. The highest BCUT2D eigenvalue weighted by Crippen LogP contribution is 2.24. The molecular formula is C11H19NO4S. The first-order chi connectivity index (χ1) is 8.08. The number of nitrogens with one attached hydrogen (secondary N) is 1. The zero-order valence-electron chi connectivity index (χ0n) is 10.0. The molecule has 0 unspecified atom stereocenters. The summed E-state index contributed by atoms with van der Waals surface area (Å²) in [4.78, 5) is 22.6. The lowest BCUT2D eigenvalue weighted by molar-refractivity contribution is -0.140. The third kappa shape index (κ3) is 4.95. The molecule has 0 aromatic heterocycles. The van der Waals surface area contributed by atoms with Crippen LogP contribution < -0.4 is 5.32 Å². The first-order valence-electron chi connectivity index (χ1n) is 5.67. The number of carboxylic acid groups (broad SMARTS) is 1. The molecule has 2 N–H and O–H groups in total. The standard InChI is InChI=1S/C11H19NO4S/c1-17-7-2-9(13)12-11(8-10(14)15)3-5-16-6-4-11/h2-8H2,1H3,(H,12,13)(H,14,15). The van der Waals surface area contributed by atoms with Gasteiger partial charge in [0.1, 0.15) is 0 Å². The molecule has 1 aliphatic rings. The number of carbonyl (C=O) groups is 2. The molecule has 1 heterocycles. The number of aliphatic carboxylic acids is 1. The molecule has 0 aliphatic carbocycles. The summed E-state index contributed by atoms with van der Waals surface area (Å²) in [6.45, 7) is 1.02. The molecular weight excluding hydrogens is 242 g/mol. The minimum absolute atomic E-state index is 0.0264. The van der Waals surface area contributed by atoms with Crippen molar-refractivity contribution < 1.29 is 19.4 Å². The normalized spacial score (nSPS) is 18.6. The Labute approximate surface area is 105 Å². The lowest BCUT2D eigenvalue weighted by Crippen LogP contribution is -2.53. The molecule has 98 valence electrons. The van der Waals surface area contributed by atoms with Crippen molar-refractivity contribution in [1.29, 1.82) is 0 Å². The molecule has 1 saturated heterocycles. The number of carboxylic acids is 1. The van der Waals surface area contributed by atoms with Crippen LogP contribution in [0.2, 0.25) is 0 Å². The van der Waals surface area contributed by atoms with E-state index in [9.17, 15) is 9.59 Å². The molecule has 0 aromatic rings. The van der Waals surface area contributed by atoms with E-state index in [0.29, 0.717) is 32.5 Å². The quantitative estimate of drug-likeness (QED) is 0.742. The van der Waals surface area contributed by atoms with E-state index < -0.39 is 11.5 Å². The van der Waals surface area contributed by atoms with Gasteiger partial charge in [0.2, 0.25) is 5.91 Å². The zero-order chi connectivity index (χ0) is 12.7. The fourth-order valence-corrected chi connectivity index (χ4v) is 2.34. The number of hydrogen-bond donors (Lipinski definition) is 2. The Bertz CT molecular complexity index is 277. The first kappa shape index (κ1) is 14.3. The highest BCUT2D eigenvalue weighted by molar-refractivity contribution is 7.98. The molecule has 0 atom stereocenters. The largest absolute Gasteiger partial charge is 0.481 e. The SMILES string of the molecule is CSCCC(=O)NC1(CC(=O)O)CCOCC1. The third-order valence-corrected chi connectivity index (χ3v) is 3.49. The molecule has 1 rings (SSSR count). The van der Waals surface area contributed by atoms with Gasteiger partial charge in [-0.05, 0) is 19.1 Å². The summed E-state index contributed by atoms with van der Waals surface area (Å²) in [6.07, 6.45) is 3.49. The van der Waals surface area contributed by atoms with Crippen molar-refractivity contribution in [3.63, 3.8) is 0 Å². The minimum atomic E-state index is -0.878. The van der Waals surface area contributed by atoms with Crippen LogP contribution in [0.15, 0.2) is 0 Å². The maximum Gasteiger partial charge on any atom is 0.305 e. The Balaban J connectivity index is 2.56. The van der Waals surface area contributed by atoms with Crippen LogP contribution in [0.1, 0.15) is 25.7 Å². The maximum absolute atomic E-state index is 11.7. The minimum Gasteiger partial charge on any atom is -0.481 e. The molecule has 0 saturated carbocycles. The zero-order valence-corrected chi connectivity index (χ0v) is 10.8. The van der Waals surface area contributed by atoms with Crippen molar-refractivity contribution in [2.75, 3.05) is 25.2 Å². The highest BCUT2D eigenvalue weighted by Gasteiger charge is 2.36. The number of rotatable bonds is 6. The summed E-state index contributed by atoms with van der Waals surface area (Å²) in [7, 11) is 0. The van der Waals surface area contributed by atoms with Crippen LogP contribution in [0.25, 0.3) is 0 Å². The predicted octanol–water partition coefficient (Wildman–Crippen LogP) is 0.880. The van der Waals surface area contributed by atoms with Gasteiger partial charge < -0.3 is 15.2 Å². The molecule has 0 spiro atoms. The topological polar surface area (TPSA) is 75.6 Å². The molecule has 0 bridgehead atoms. The van der Waals surface area contributed by atoms with Gasteiger partial charge in [0.05, 0.1) is 12.0 Å². The molecule has 1 amide bonds. The van der Waals surface area contributed by atoms with Crippen LogP contribution in [0.3, 0.4) is 0 Å². The summed E-state index contributed by atoms with van der Waals surface area (Å²) in [5.41, 5.74) is -0.612. The van der Waals surface area contributed by atoms with Crippen LogP contribution >= 0.6 is 11.8 Å². The van der Waals surface area contributed by atoms with Crippen molar-refractivity contribution in [3.8, 4) is 0 Å². The molecule has 1 fully saturated rings. The van der Waals surface area contributed by atoms with Crippen molar-refractivity contribution in [1.82, 2.24) is 5.32 Å².